The van der Waals surface area contributed by atoms with Crippen LogP contribution in [0.4, 0.5) is 5.69 Å². The summed E-state index contributed by atoms with van der Waals surface area (Å²) in [6, 6.07) is 19.7. The minimum Gasteiger partial charge on any atom is -0.354 e. The Hall–Kier alpha value is -3.36. The third-order valence-corrected chi connectivity index (χ3v) is 8.68. The maximum Gasteiger partial charge on any atom is 0.264 e. The first-order valence-electron chi connectivity index (χ1n) is 13.1. The zero-order chi connectivity index (χ0) is 28.6. The van der Waals surface area contributed by atoms with Crippen molar-refractivity contribution < 1.29 is 18.0 Å². The number of hydrogen-bond donors (Lipinski definition) is 1. The molecule has 208 valence electrons. The van der Waals surface area contributed by atoms with Crippen LogP contribution >= 0.6 is 11.6 Å². The molecule has 0 fully saturated rings. The van der Waals surface area contributed by atoms with Crippen LogP contribution in [0.3, 0.4) is 0 Å². The van der Waals surface area contributed by atoms with Gasteiger partial charge >= 0.3 is 0 Å². The van der Waals surface area contributed by atoms with Crippen LogP contribution < -0.4 is 9.62 Å². The van der Waals surface area contributed by atoms with Gasteiger partial charge in [0.15, 0.2) is 0 Å². The highest BCUT2D eigenvalue weighted by molar-refractivity contribution is 7.92. The molecule has 3 aromatic carbocycles. The Morgan fingerprint density at radius 3 is 2.21 bits per heavy atom. The van der Waals surface area contributed by atoms with E-state index in [2.05, 4.69) is 5.32 Å². The molecule has 1 N–H and O–H groups in total. The maximum atomic E-state index is 14.1. The van der Waals surface area contributed by atoms with Gasteiger partial charge in [-0.2, -0.15) is 0 Å². The van der Waals surface area contributed by atoms with Crippen molar-refractivity contribution in [1.82, 2.24) is 10.2 Å². The summed E-state index contributed by atoms with van der Waals surface area (Å²) < 4.78 is 29.0. The standard InChI is InChI=1S/C30H36ClN3O4S/c1-5-19-32-30(36)27(6-2)33(20-24-15-17-25(31)18-16-24)29(35)21-34(28-14-10-11-22(3)23(28)4)39(37,38)26-12-8-7-9-13-26/h7-18,27H,5-6,19-21H2,1-4H3,(H,32,36). The number of hydrogen-bond acceptors (Lipinski definition) is 4. The molecule has 7 nitrogen and oxygen atoms in total. The van der Waals surface area contributed by atoms with Crippen molar-refractivity contribution in [1.29, 1.82) is 0 Å². The molecule has 9 heteroatoms. The molecule has 0 aliphatic carbocycles. The molecule has 0 saturated carbocycles. The van der Waals surface area contributed by atoms with E-state index in [1.807, 2.05) is 33.8 Å². The number of nitrogens with one attached hydrogen (secondary N) is 1. The molecule has 0 radical (unpaired) electrons. The second-order valence-corrected chi connectivity index (χ2v) is 11.7. The molecule has 1 unspecified atom stereocenters. The molecule has 3 rings (SSSR count). The zero-order valence-corrected chi connectivity index (χ0v) is 24.4. The fourth-order valence-electron chi connectivity index (χ4n) is 4.31. The summed E-state index contributed by atoms with van der Waals surface area (Å²) in [6.07, 6.45) is 1.12. The third-order valence-electron chi connectivity index (χ3n) is 6.66. The number of amides is 2. The number of carbonyl (C=O) groups excluding carboxylic acids is 2. The van der Waals surface area contributed by atoms with Gasteiger partial charge in [-0.25, -0.2) is 8.42 Å². The van der Waals surface area contributed by atoms with Gasteiger partial charge in [-0.3, -0.25) is 13.9 Å². The Morgan fingerprint density at radius 1 is 0.923 bits per heavy atom. The molecule has 2 amide bonds. The van der Waals surface area contributed by atoms with E-state index in [-0.39, 0.29) is 17.3 Å². The largest absolute Gasteiger partial charge is 0.354 e. The Kier molecular flexibility index (Phi) is 10.5. The minimum absolute atomic E-state index is 0.0793. The number of halogens is 1. The van der Waals surface area contributed by atoms with Gasteiger partial charge in [-0.1, -0.05) is 67.9 Å². The van der Waals surface area contributed by atoms with Crippen LogP contribution in [0.15, 0.2) is 77.7 Å². The molecule has 0 bridgehead atoms. The average Bonchev–Trinajstić information content (AvgIpc) is 2.93. The number of aryl methyl sites for hydroxylation is 1. The van der Waals surface area contributed by atoms with Gasteiger partial charge in [0.2, 0.25) is 11.8 Å². The molecule has 1 atom stereocenters. The summed E-state index contributed by atoms with van der Waals surface area (Å²) in [5.74, 6) is -0.755. The normalized spacial score (nSPS) is 12.0. The van der Waals surface area contributed by atoms with Gasteiger partial charge in [0, 0.05) is 18.1 Å². The Labute approximate surface area is 236 Å². The summed E-state index contributed by atoms with van der Waals surface area (Å²) in [7, 11) is -4.10. The van der Waals surface area contributed by atoms with Crippen LogP contribution in [0.1, 0.15) is 43.4 Å². The molecule has 0 aromatic heterocycles. The van der Waals surface area contributed by atoms with E-state index in [4.69, 9.17) is 11.6 Å². The lowest BCUT2D eigenvalue weighted by atomic mass is 10.1. The van der Waals surface area contributed by atoms with Crippen molar-refractivity contribution in [3.8, 4) is 0 Å². The van der Waals surface area contributed by atoms with Gasteiger partial charge in [0.25, 0.3) is 10.0 Å². The second-order valence-electron chi connectivity index (χ2n) is 9.41. The van der Waals surface area contributed by atoms with E-state index in [0.717, 1.165) is 27.4 Å². The lowest BCUT2D eigenvalue weighted by molar-refractivity contribution is -0.140. The lowest BCUT2D eigenvalue weighted by Gasteiger charge is -2.33. The lowest BCUT2D eigenvalue weighted by Crippen LogP contribution is -2.52. The fraction of sp³-hybridized carbons (Fsp3) is 0.333. The number of anilines is 1. The number of sulfonamides is 1. The number of rotatable bonds is 12. The van der Waals surface area contributed by atoms with Crippen LogP contribution in [0.5, 0.6) is 0 Å². The summed E-state index contributed by atoms with van der Waals surface area (Å²) in [5.41, 5.74) is 2.85. The fourth-order valence-corrected chi connectivity index (χ4v) is 5.93. The minimum atomic E-state index is -4.10. The molecular formula is C30H36ClN3O4S. The highest BCUT2D eigenvalue weighted by Gasteiger charge is 2.34. The SMILES string of the molecule is CCCNC(=O)C(CC)N(Cc1ccc(Cl)cc1)C(=O)CN(c1cccc(C)c1C)S(=O)(=O)c1ccccc1. The monoisotopic (exact) mass is 569 g/mol. The second kappa shape index (κ2) is 13.6. The zero-order valence-electron chi connectivity index (χ0n) is 22.9. The molecule has 0 saturated heterocycles. The van der Waals surface area contributed by atoms with Crippen molar-refractivity contribution in [3.05, 3.63) is 94.5 Å². The molecular weight excluding hydrogens is 534 g/mol. The van der Waals surface area contributed by atoms with E-state index in [1.165, 1.54) is 17.0 Å². The van der Waals surface area contributed by atoms with Crippen molar-refractivity contribution >= 4 is 39.1 Å². The molecule has 3 aromatic rings. The van der Waals surface area contributed by atoms with E-state index in [1.54, 1.807) is 54.6 Å². The number of carbonyl (C=O) groups is 2. The van der Waals surface area contributed by atoms with Crippen molar-refractivity contribution in [2.75, 3.05) is 17.4 Å². The van der Waals surface area contributed by atoms with E-state index in [0.29, 0.717) is 23.7 Å². The van der Waals surface area contributed by atoms with Gasteiger partial charge in [0.05, 0.1) is 10.6 Å². The molecule has 0 aliphatic rings. The predicted octanol–water partition coefficient (Wildman–Crippen LogP) is 5.49. The van der Waals surface area contributed by atoms with Crippen molar-refractivity contribution in [2.45, 2.75) is 58.0 Å². The van der Waals surface area contributed by atoms with Crippen molar-refractivity contribution in [3.63, 3.8) is 0 Å². The topological polar surface area (TPSA) is 86.8 Å². The first kappa shape index (κ1) is 30.2. The van der Waals surface area contributed by atoms with Gasteiger partial charge < -0.3 is 10.2 Å². The summed E-state index contributed by atoms with van der Waals surface area (Å²) in [5, 5.41) is 3.44. The molecule has 39 heavy (non-hydrogen) atoms. The highest BCUT2D eigenvalue weighted by Crippen LogP contribution is 2.29. The first-order valence-corrected chi connectivity index (χ1v) is 14.9. The summed E-state index contributed by atoms with van der Waals surface area (Å²) in [4.78, 5) is 28.7. The van der Waals surface area contributed by atoms with Gasteiger partial charge in [0.1, 0.15) is 12.6 Å². The summed E-state index contributed by atoms with van der Waals surface area (Å²) in [6.45, 7) is 7.66. The van der Waals surface area contributed by atoms with Gasteiger partial charge in [-0.05, 0) is 73.7 Å². The van der Waals surface area contributed by atoms with E-state index in [9.17, 15) is 18.0 Å². The quantitative estimate of drug-likeness (QED) is 0.313. The van der Waals surface area contributed by atoms with E-state index >= 15 is 0 Å². The Morgan fingerprint density at radius 2 is 1.59 bits per heavy atom. The van der Waals surface area contributed by atoms with Crippen LogP contribution in [-0.4, -0.2) is 44.3 Å². The third kappa shape index (κ3) is 7.40. The maximum absolute atomic E-state index is 14.1. The van der Waals surface area contributed by atoms with Crippen LogP contribution in [0.2, 0.25) is 5.02 Å². The van der Waals surface area contributed by atoms with Crippen molar-refractivity contribution in [2.24, 2.45) is 0 Å². The van der Waals surface area contributed by atoms with E-state index < -0.39 is 28.5 Å². The molecule has 0 heterocycles. The predicted molar refractivity (Wildman–Crippen MR) is 156 cm³/mol. The highest BCUT2D eigenvalue weighted by atomic mass is 35.5. The number of nitrogens with zero attached hydrogens (tertiary/aromatic N) is 2. The first-order chi connectivity index (χ1) is 18.6. The Bertz CT molecular complexity index is 1380. The average molecular weight is 570 g/mol. The van der Waals surface area contributed by atoms with Crippen LogP contribution in [0.25, 0.3) is 0 Å². The molecule has 0 aliphatic heterocycles. The Balaban J connectivity index is 2.08. The van der Waals surface area contributed by atoms with Gasteiger partial charge in [-0.15, -0.1) is 0 Å². The summed E-state index contributed by atoms with van der Waals surface area (Å²) >= 11 is 6.06. The smallest absolute Gasteiger partial charge is 0.264 e. The van der Waals surface area contributed by atoms with Crippen LogP contribution in [-0.2, 0) is 26.2 Å². The number of benzene rings is 3. The molecule has 0 spiro atoms. The van der Waals surface area contributed by atoms with Crippen LogP contribution in [0, 0.1) is 13.8 Å².